The third kappa shape index (κ3) is 5.10. The maximum atomic E-state index is 13.0. The number of nitrogens with one attached hydrogen (secondary N) is 1. The molecular formula is C21H33N3O4S. The minimum Gasteiger partial charge on any atom is -0.495 e. The van der Waals surface area contributed by atoms with Crippen molar-refractivity contribution in [2.45, 2.75) is 50.5 Å². The Morgan fingerprint density at radius 2 is 1.93 bits per heavy atom. The van der Waals surface area contributed by atoms with Gasteiger partial charge in [-0.25, -0.2) is 8.42 Å². The molecule has 1 amide bonds. The molecule has 2 saturated heterocycles. The first-order valence-corrected chi connectivity index (χ1v) is 12.0. The minimum atomic E-state index is -3.67. The number of amides is 1. The number of hydrogen-bond donors (Lipinski definition) is 1. The van der Waals surface area contributed by atoms with Crippen LogP contribution in [0, 0.1) is 5.92 Å². The lowest BCUT2D eigenvalue weighted by atomic mass is 9.97. The zero-order valence-corrected chi connectivity index (χ0v) is 18.5. The number of piperidine rings is 1. The molecule has 3 rings (SSSR count). The molecule has 2 aliphatic rings. The number of ether oxygens (including phenoxy) is 1. The summed E-state index contributed by atoms with van der Waals surface area (Å²) in [5.74, 6) is 0.446. The van der Waals surface area contributed by atoms with Crippen molar-refractivity contribution >= 4 is 15.9 Å². The van der Waals surface area contributed by atoms with Crippen molar-refractivity contribution < 1.29 is 17.9 Å². The molecule has 2 heterocycles. The van der Waals surface area contributed by atoms with Crippen LogP contribution in [-0.2, 0) is 10.0 Å². The maximum absolute atomic E-state index is 13.0. The number of carbonyl (C=O) groups excluding carboxylic acids is 1. The second kappa shape index (κ2) is 9.45. The fourth-order valence-corrected chi connectivity index (χ4v) is 5.86. The van der Waals surface area contributed by atoms with Crippen molar-refractivity contribution in [3.8, 4) is 5.75 Å². The first-order chi connectivity index (χ1) is 13.8. The molecule has 2 aliphatic heterocycles. The van der Waals surface area contributed by atoms with Gasteiger partial charge in [0, 0.05) is 37.8 Å². The molecule has 0 aromatic heterocycles. The number of sulfonamides is 1. The summed E-state index contributed by atoms with van der Waals surface area (Å²) in [7, 11) is -2.22. The van der Waals surface area contributed by atoms with Gasteiger partial charge in [0.15, 0.2) is 0 Å². The van der Waals surface area contributed by atoms with Gasteiger partial charge in [-0.3, -0.25) is 4.79 Å². The molecule has 29 heavy (non-hydrogen) atoms. The van der Waals surface area contributed by atoms with Crippen molar-refractivity contribution in [1.82, 2.24) is 14.5 Å². The summed E-state index contributed by atoms with van der Waals surface area (Å²) in [6.45, 7) is 8.10. The molecule has 7 nitrogen and oxygen atoms in total. The van der Waals surface area contributed by atoms with E-state index in [4.69, 9.17) is 4.74 Å². The molecule has 0 spiro atoms. The van der Waals surface area contributed by atoms with Gasteiger partial charge in [-0.15, -0.1) is 0 Å². The van der Waals surface area contributed by atoms with Crippen molar-refractivity contribution in [2.75, 3.05) is 39.8 Å². The van der Waals surface area contributed by atoms with Gasteiger partial charge in [-0.05, 0) is 70.2 Å². The molecule has 1 N–H and O–H groups in total. The minimum absolute atomic E-state index is 0.0678. The lowest BCUT2D eigenvalue weighted by Gasteiger charge is -2.35. The molecule has 0 bridgehead atoms. The third-order valence-electron chi connectivity index (χ3n) is 5.94. The molecule has 1 aromatic rings. The van der Waals surface area contributed by atoms with Crippen LogP contribution in [0.5, 0.6) is 5.75 Å². The highest BCUT2D eigenvalue weighted by molar-refractivity contribution is 7.89. The average molecular weight is 424 g/mol. The summed E-state index contributed by atoms with van der Waals surface area (Å²) in [4.78, 5) is 15.2. The Morgan fingerprint density at radius 1 is 1.21 bits per heavy atom. The molecule has 2 fully saturated rings. The number of methoxy groups -OCH3 is 1. The molecule has 0 radical (unpaired) electrons. The van der Waals surface area contributed by atoms with E-state index < -0.39 is 10.0 Å². The van der Waals surface area contributed by atoms with Crippen molar-refractivity contribution in [1.29, 1.82) is 0 Å². The van der Waals surface area contributed by atoms with E-state index in [0.29, 0.717) is 37.2 Å². The lowest BCUT2D eigenvalue weighted by molar-refractivity contribution is 0.0922. The summed E-state index contributed by atoms with van der Waals surface area (Å²) >= 11 is 0. The zero-order valence-electron chi connectivity index (χ0n) is 17.7. The first-order valence-electron chi connectivity index (χ1n) is 10.5. The third-order valence-corrected chi connectivity index (χ3v) is 7.86. The number of carbonyl (C=O) groups is 1. The van der Waals surface area contributed by atoms with Crippen LogP contribution in [0.1, 0.15) is 49.9 Å². The Hall–Kier alpha value is -1.64. The van der Waals surface area contributed by atoms with Crippen LogP contribution >= 0.6 is 0 Å². The molecule has 162 valence electrons. The molecule has 0 aliphatic carbocycles. The topological polar surface area (TPSA) is 79.0 Å². The smallest absolute Gasteiger partial charge is 0.251 e. The summed E-state index contributed by atoms with van der Waals surface area (Å²) < 4.78 is 32.7. The fourth-order valence-electron chi connectivity index (χ4n) is 4.16. The van der Waals surface area contributed by atoms with Crippen molar-refractivity contribution in [2.24, 2.45) is 5.92 Å². The van der Waals surface area contributed by atoms with Crippen LogP contribution in [-0.4, -0.2) is 69.4 Å². The predicted octanol–water partition coefficient (Wildman–Crippen LogP) is 2.33. The quantitative estimate of drug-likeness (QED) is 0.728. The van der Waals surface area contributed by atoms with Crippen LogP contribution in [0.25, 0.3) is 0 Å². The highest BCUT2D eigenvalue weighted by Crippen LogP contribution is 2.30. The van der Waals surface area contributed by atoms with E-state index in [9.17, 15) is 13.2 Å². The van der Waals surface area contributed by atoms with Crippen LogP contribution in [0.3, 0.4) is 0 Å². The van der Waals surface area contributed by atoms with Gasteiger partial charge in [0.25, 0.3) is 5.91 Å². The summed E-state index contributed by atoms with van der Waals surface area (Å²) in [5, 5.41) is 3.00. The van der Waals surface area contributed by atoms with Crippen molar-refractivity contribution in [3.63, 3.8) is 0 Å². The predicted molar refractivity (Wildman–Crippen MR) is 113 cm³/mol. The highest BCUT2D eigenvalue weighted by atomic mass is 32.2. The summed E-state index contributed by atoms with van der Waals surface area (Å²) in [5.41, 5.74) is 0.347. The molecule has 1 aromatic carbocycles. The molecule has 1 unspecified atom stereocenters. The van der Waals surface area contributed by atoms with Gasteiger partial charge >= 0.3 is 0 Å². The lowest BCUT2D eigenvalue weighted by Crippen LogP contribution is -2.43. The van der Waals surface area contributed by atoms with Gasteiger partial charge in [-0.2, -0.15) is 4.31 Å². The number of likely N-dealkylation sites (tertiary alicyclic amines) is 1. The number of hydrogen-bond acceptors (Lipinski definition) is 5. The van der Waals surface area contributed by atoms with Crippen LogP contribution in [0.2, 0.25) is 0 Å². The molecule has 0 saturated carbocycles. The fraction of sp³-hybridized carbons (Fsp3) is 0.667. The Bertz CT molecular complexity index is 819. The van der Waals surface area contributed by atoms with Crippen LogP contribution in [0.4, 0.5) is 0 Å². The van der Waals surface area contributed by atoms with Gasteiger partial charge in [-0.1, -0.05) is 0 Å². The number of nitrogens with zero attached hydrogens (tertiary/aromatic N) is 2. The molecule has 8 heteroatoms. The number of rotatable bonds is 7. The second-order valence-electron chi connectivity index (χ2n) is 8.28. The average Bonchev–Trinajstić information content (AvgIpc) is 3.27. The van der Waals surface area contributed by atoms with E-state index in [-0.39, 0.29) is 16.6 Å². The van der Waals surface area contributed by atoms with Gasteiger partial charge < -0.3 is 15.0 Å². The van der Waals surface area contributed by atoms with Crippen LogP contribution < -0.4 is 10.1 Å². The van der Waals surface area contributed by atoms with E-state index in [2.05, 4.69) is 24.1 Å². The Labute approximate surface area is 174 Å². The van der Waals surface area contributed by atoms with Gasteiger partial charge in [0.1, 0.15) is 10.6 Å². The summed E-state index contributed by atoms with van der Waals surface area (Å²) in [6.07, 6.45) is 3.95. The Morgan fingerprint density at radius 3 is 2.59 bits per heavy atom. The van der Waals surface area contributed by atoms with Crippen molar-refractivity contribution in [3.05, 3.63) is 23.8 Å². The largest absolute Gasteiger partial charge is 0.495 e. The summed E-state index contributed by atoms with van der Waals surface area (Å²) in [6, 6.07) is 5.15. The van der Waals surface area contributed by atoms with E-state index in [1.54, 1.807) is 12.1 Å². The SMILES string of the molecule is COc1ccc(C(=O)NCC2CCCN(C(C)C)C2)cc1S(=O)(=O)N1CCCC1. The van der Waals surface area contributed by atoms with Gasteiger partial charge in [0.05, 0.1) is 7.11 Å². The molecule has 1 atom stereocenters. The Kier molecular flexibility index (Phi) is 7.19. The maximum Gasteiger partial charge on any atom is 0.251 e. The van der Waals surface area contributed by atoms with E-state index >= 15 is 0 Å². The molecular weight excluding hydrogens is 390 g/mol. The van der Waals surface area contributed by atoms with E-state index in [1.165, 1.54) is 17.5 Å². The van der Waals surface area contributed by atoms with Crippen LogP contribution in [0.15, 0.2) is 23.1 Å². The Balaban J connectivity index is 1.71. The standard InChI is InChI=1S/C21H33N3O4S/c1-16(2)23-10-6-7-17(15-23)14-22-21(25)18-8-9-19(28-3)20(13-18)29(26,27)24-11-4-5-12-24/h8-9,13,16-17H,4-7,10-12,14-15H2,1-3H3,(H,22,25). The second-order valence-corrected chi connectivity index (χ2v) is 10.2. The monoisotopic (exact) mass is 423 g/mol. The van der Waals surface area contributed by atoms with Gasteiger partial charge in [0.2, 0.25) is 10.0 Å². The first kappa shape index (κ1) is 22.1. The van der Waals surface area contributed by atoms with E-state index in [1.807, 2.05) is 0 Å². The number of benzene rings is 1. The normalized spacial score (nSPS) is 21.4. The highest BCUT2D eigenvalue weighted by Gasteiger charge is 2.31. The zero-order chi connectivity index (χ0) is 21.0. The van der Waals surface area contributed by atoms with E-state index in [0.717, 1.165) is 38.8 Å².